The third kappa shape index (κ3) is 6.12. The lowest BCUT2D eigenvalue weighted by atomic mass is 10.2. The van der Waals surface area contributed by atoms with Crippen molar-refractivity contribution in [2.75, 3.05) is 0 Å². The second-order valence-electron chi connectivity index (χ2n) is 16.7. The first kappa shape index (κ1) is 34.6. The minimum Gasteiger partial charge on any atom is -0.0631 e. The van der Waals surface area contributed by atoms with Crippen LogP contribution in [0.4, 0.5) is 0 Å². The molecule has 0 nitrogen and oxygen atoms in total. The molecule has 0 amide bonds. The Morgan fingerprint density at radius 1 is 0.295 bits per heavy atom. The summed E-state index contributed by atoms with van der Waals surface area (Å²) >= 11 is 0. The summed E-state index contributed by atoms with van der Waals surface area (Å²) in [6.07, 6.45) is 0. The molecule has 0 bridgehead atoms. The normalized spacial score (nSPS) is 13.9. The molecule has 4 aromatic rings. The van der Waals surface area contributed by atoms with E-state index in [1.54, 1.807) is 20.7 Å². The summed E-state index contributed by atoms with van der Waals surface area (Å²) in [5.74, 6) is 0. The summed E-state index contributed by atoms with van der Waals surface area (Å²) in [5, 5.41) is 7.24. The molecule has 4 aromatic carbocycles. The maximum atomic E-state index is 2.59. The first-order chi connectivity index (χ1) is 20.4. The van der Waals surface area contributed by atoms with E-state index in [0.29, 0.717) is 0 Å². The topological polar surface area (TPSA) is 0 Å². The van der Waals surface area contributed by atoms with Crippen LogP contribution in [0.3, 0.4) is 0 Å². The molecule has 0 saturated carbocycles. The molecule has 0 aromatic heterocycles. The third-order valence-corrected chi connectivity index (χ3v) is 59.9. The van der Waals surface area contributed by atoms with Gasteiger partial charge in [0.15, 0.2) is 0 Å². The highest BCUT2D eigenvalue weighted by atomic mass is 29.8. The molecule has 2 radical (unpaired) electrons. The van der Waals surface area contributed by atoms with E-state index in [4.69, 9.17) is 0 Å². The van der Waals surface area contributed by atoms with E-state index >= 15 is 0 Å². The van der Waals surface area contributed by atoms with Gasteiger partial charge in [-0.05, 0) is 20.2 Å². The average molecular weight is 649 g/mol. The molecular weight excluding hydrogens is 593 g/mol. The van der Waals surface area contributed by atoms with Crippen molar-refractivity contribution >= 4 is 51.6 Å². The van der Waals surface area contributed by atoms with Crippen molar-refractivity contribution in [2.24, 2.45) is 0 Å². The lowest BCUT2D eigenvalue weighted by molar-refractivity contribution is 0.655. The molecule has 232 valence electrons. The van der Waals surface area contributed by atoms with Gasteiger partial charge in [0, 0.05) is 0 Å². The van der Waals surface area contributed by atoms with Crippen LogP contribution in [0.5, 0.6) is 0 Å². The SMILES string of the molecule is CC(C)(C)[Si](C(C)(C)C)[Si](c1ccccc1)(c1ccccc1)[Si](c1ccccc1)(c1ccccc1)[Si](C(C)(C)C)C(C)(C)C. The van der Waals surface area contributed by atoms with Gasteiger partial charge in [0.25, 0.3) is 0 Å². The lowest BCUT2D eigenvalue weighted by Crippen LogP contribution is -2.98. The average Bonchev–Trinajstić information content (AvgIpc) is 2.93. The van der Waals surface area contributed by atoms with Crippen molar-refractivity contribution in [2.45, 2.75) is 103 Å². The largest absolute Gasteiger partial charge is 0.111 e. The molecule has 4 rings (SSSR count). The van der Waals surface area contributed by atoms with E-state index in [9.17, 15) is 0 Å². The standard InChI is InChI=1S/C40H56Si4/c1-37(2,3)41(38(4,5)6)43(33-25-17-13-18-26-33,34-27-19-14-20-28-34)44(35-29-21-15-22-30-35,36-31-23-16-24-32-36)42(39(7,8)9)40(10,11)12/h13-32H,1-12H3. The van der Waals surface area contributed by atoms with Gasteiger partial charge in [0.1, 0.15) is 14.2 Å². The van der Waals surface area contributed by atoms with Crippen molar-refractivity contribution < 1.29 is 0 Å². The zero-order valence-electron chi connectivity index (χ0n) is 29.5. The number of hydrogen-bond acceptors (Lipinski definition) is 0. The Kier molecular flexibility index (Phi) is 9.84. The fourth-order valence-electron chi connectivity index (χ4n) is 9.40. The molecule has 0 aliphatic carbocycles. The summed E-state index contributed by atoms with van der Waals surface area (Å²) < 4.78 is 0. The fraction of sp³-hybridized carbons (Fsp3) is 0.400. The van der Waals surface area contributed by atoms with Gasteiger partial charge in [-0.2, -0.15) is 0 Å². The van der Waals surface area contributed by atoms with Gasteiger partial charge >= 0.3 is 0 Å². The van der Waals surface area contributed by atoms with Crippen LogP contribution in [0.15, 0.2) is 121 Å². The van der Waals surface area contributed by atoms with Crippen LogP contribution in [-0.4, -0.2) is 30.8 Å². The Balaban J connectivity index is 2.55. The monoisotopic (exact) mass is 648 g/mol. The first-order valence-corrected chi connectivity index (χ1v) is 26.4. The quantitative estimate of drug-likeness (QED) is 0.176. The molecule has 0 aliphatic heterocycles. The smallest absolute Gasteiger partial charge is 0.0631 e. The van der Waals surface area contributed by atoms with Crippen molar-refractivity contribution in [1.29, 1.82) is 0 Å². The second-order valence-corrected chi connectivity index (χ2v) is 44.5. The Hall–Kier alpha value is -2.25. The summed E-state index contributed by atoms with van der Waals surface area (Å²) in [5.41, 5.74) is 0. The van der Waals surface area contributed by atoms with Gasteiger partial charge in [-0.3, -0.25) is 0 Å². The van der Waals surface area contributed by atoms with Gasteiger partial charge in [0.2, 0.25) is 0 Å². The van der Waals surface area contributed by atoms with Gasteiger partial charge in [0.05, 0.1) is 16.6 Å². The fourth-order valence-corrected chi connectivity index (χ4v) is 86.1. The van der Waals surface area contributed by atoms with E-state index in [0.717, 1.165) is 0 Å². The minimum atomic E-state index is -2.71. The highest BCUT2D eigenvalue weighted by molar-refractivity contribution is 7.91. The molecule has 0 spiro atoms. The zero-order chi connectivity index (χ0) is 32.6. The molecule has 0 aliphatic rings. The highest BCUT2D eigenvalue weighted by Crippen LogP contribution is 2.53. The zero-order valence-corrected chi connectivity index (χ0v) is 33.5. The van der Waals surface area contributed by atoms with Crippen molar-refractivity contribution in [3.63, 3.8) is 0 Å². The first-order valence-electron chi connectivity index (χ1n) is 16.4. The van der Waals surface area contributed by atoms with Gasteiger partial charge in [-0.25, -0.2) is 0 Å². The maximum absolute atomic E-state index is 2.71. The summed E-state index contributed by atoms with van der Waals surface area (Å²) in [4.78, 5) is 0. The molecule has 0 atom stereocenters. The van der Waals surface area contributed by atoms with Crippen LogP contribution < -0.4 is 20.7 Å². The highest BCUT2D eigenvalue weighted by Gasteiger charge is 2.72. The summed E-state index contributed by atoms with van der Waals surface area (Å²) in [7, 11) is -7.74. The third-order valence-electron chi connectivity index (χ3n) is 9.14. The molecule has 0 heterocycles. The van der Waals surface area contributed by atoms with E-state index in [1.807, 2.05) is 0 Å². The molecule has 4 heteroatoms. The van der Waals surface area contributed by atoms with Crippen molar-refractivity contribution in [1.82, 2.24) is 0 Å². The molecular formula is C40H56Si4. The lowest BCUT2D eigenvalue weighted by Gasteiger charge is -2.65. The Morgan fingerprint density at radius 3 is 0.591 bits per heavy atom. The van der Waals surface area contributed by atoms with Crippen molar-refractivity contribution in [3.05, 3.63) is 121 Å². The predicted octanol–water partition coefficient (Wildman–Crippen LogP) is 8.94. The molecule has 0 N–H and O–H groups in total. The predicted molar refractivity (Wildman–Crippen MR) is 206 cm³/mol. The number of rotatable bonds is 7. The van der Waals surface area contributed by atoms with Crippen LogP contribution in [0, 0.1) is 0 Å². The molecule has 44 heavy (non-hydrogen) atoms. The molecule has 0 unspecified atom stereocenters. The summed E-state index contributed by atoms with van der Waals surface area (Å²) in [6.45, 7) is 31.1. The number of hydrogen-bond donors (Lipinski definition) is 0. The Morgan fingerprint density at radius 2 is 0.455 bits per heavy atom. The molecule has 0 fully saturated rings. The van der Waals surface area contributed by atoms with Gasteiger partial charge in [-0.15, -0.1) is 0 Å². The summed E-state index contributed by atoms with van der Waals surface area (Å²) in [6, 6.07) is 48.3. The van der Waals surface area contributed by atoms with Gasteiger partial charge in [-0.1, -0.05) is 225 Å². The van der Waals surface area contributed by atoms with E-state index in [-0.39, 0.29) is 20.2 Å². The maximum Gasteiger partial charge on any atom is 0.111 e. The van der Waals surface area contributed by atoms with E-state index in [1.165, 1.54) is 0 Å². The Labute approximate surface area is 275 Å². The van der Waals surface area contributed by atoms with E-state index in [2.05, 4.69) is 204 Å². The van der Waals surface area contributed by atoms with Gasteiger partial charge < -0.3 is 0 Å². The van der Waals surface area contributed by atoms with Crippen LogP contribution in [0.25, 0.3) is 0 Å². The van der Waals surface area contributed by atoms with Crippen molar-refractivity contribution in [3.8, 4) is 0 Å². The van der Waals surface area contributed by atoms with Crippen LogP contribution >= 0.6 is 0 Å². The Bertz CT molecular complexity index is 1250. The minimum absolute atomic E-state index is 0.158. The van der Waals surface area contributed by atoms with Crippen LogP contribution in [0.1, 0.15) is 83.1 Å². The number of benzene rings is 4. The second kappa shape index (κ2) is 12.5. The van der Waals surface area contributed by atoms with Crippen LogP contribution in [-0.2, 0) is 0 Å². The van der Waals surface area contributed by atoms with E-state index < -0.39 is 30.8 Å². The molecule has 0 saturated heterocycles. The van der Waals surface area contributed by atoms with Crippen LogP contribution in [0.2, 0.25) is 20.2 Å².